The average Bonchev–Trinajstić information content (AvgIpc) is 2.55. The van der Waals surface area contributed by atoms with Gasteiger partial charge in [-0.3, -0.25) is 0 Å². The van der Waals surface area contributed by atoms with Gasteiger partial charge in [-0.2, -0.15) is 0 Å². The van der Waals surface area contributed by atoms with Crippen LogP contribution in [0.2, 0.25) is 0 Å². The Bertz CT molecular complexity index is 492. The number of rotatable bonds is 8. The Balaban J connectivity index is 2.05. The summed E-state index contributed by atoms with van der Waals surface area (Å²) in [6, 6.07) is 21.6. The van der Waals surface area contributed by atoms with Gasteiger partial charge in [0, 0.05) is 6.61 Å². The van der Waals surface area contributed by atoms with Gasteiger partial charge >= 0.3 is 0 Å². The molecule has 0 amide bonds. The van der Waals surface area contributed by atoms with E-state index in [-0.39, 0.29) is 0 Å². The standard InChI is InChI=1S/C20H26O/c1-17(18-10-4-2-5-11-18)16-20(14-8-9-15-21)19-12-6-3-7-13-19/h2-7,10-13,17,20-21H,8-9,14-16H2,1H3. The van der Waals surface area contributed by atoms with E-state index in [9.17, 15) is 0 Å². The topological polar surface area (TPSA) is 20.2 Å². The Kier molecular flexibility index (Phi) is 6.49. The zero-order valence-electron chi connectivity index (χ0n) is 12.9. The van der Waals surface area contributed by atoms with E-state index >= 15 is 0 Å². The summed E-state index contributed by atoms with van der Waals surface area (Å²) in [6.45, 7) is 2.62. The molecular weight excluding hydrogens is 256 g/mol. The van der Waals surface area contributed by atoms with Crippen LogP contribution >= 0.6 is 0 Å². The lowest BCUT2D eigenvalue weighted by Gasteiger charge is -2.22. The van der Waals surface area contributed by atoms with Gasteiger partial charge in [0.1, 0.15) is 0 Å². The fourth-order valence-corrected chi connectivity index (χ4v) is 2.99. The summed E-state index contributed by atoms with van der Waals surface area (Å²) in [6.07, 6.45) is 4.32. The first-order chi connectivity index (χ1) is 10.3. The summed E-state index contributed by atoms with van der Waals surface area (Å²) < 4.78 is 0. The molecule has 112 valence electrons. The first-order valence-corrected chi connectivity index (χ1v) is 8.02. The third-order valence-electron chi connectivity index (χ3n) is 4.24. The van der Waals surface area contributed by atoms with Crippen LogP contribution in [0.4, 0.5) is 0 Å². The molecule has 0 bridgehead atoms. The van der Waals surface area contributed by atoms with E-state index in [2.05, 4.69) is 67.6 Å². The Morgan fingerprint density at radius 3 is 1.95 bits per heavy atom. The average molecular weight is 282 g/mol. The van der Waals surface area contributed by atoms with Crippen molar-refractivity contribution in [1.82, 2.24) is 0 Å². The molecule has 0 saturated heterocycles. The maximum atomic E-state index is 9.01. The minimum atomic E-state index is 0.301. The largest absolute Gasteiger partial charge is 0.396 e. The fraction of sp³-hybridized carbons (Fsp3) is 0.400. The van der Waals surface area contributed by atoms with Crippen LogP contribution in [0.1, 0.15) is 55.6 Å². The number of aliphatic hydroxyl groups is 1. The normalized spacial score (nSPS) is 13.8. The molecule has 0 radical (unpaired) electrons. The predicted molar refractivity (Wildman–Crippen MR) is 89.6 cm³/mol. The molecule has 21 heavy (non-hydrogen) atoms. The van der Waals surface area contributed by atoms with Gasteiger partial charge < -0.3 is 5.11 Å². The predicted octanol–water partition coefficient (Wildman–Crippen LogP) is 5.13. The highest BCUT2D eigenvalue weighted by Crippen LogP contribution is 2.33. The molecule has 0 aliphatic carbocycles. The molecule has 2 unspecified atom stereocenters. The molecule has 0 heterocycles. The maximum Gasteiger partial charge on any atom is 0.0431 e. The highest BCUT2D eigenvalue weighted by molar-refractivity contribution is 5.23. The maximum absolute atomic E-state index is 9.01. The number of hydrogen-bond donors (Lipinski definition) is 1. The van der Waals surface area contributed by atoms with Gasteiger partial charge in [-0.1, -0.05) is 74.0 Å². The highest BCUT2D eigenvalue weighted by atomic mass is 16.2. The van der Waals surface area contributed by atoms with Gasteiger partial charge in [0.05, 0.1) is 0 Å². The Morgan fingerprint density at radius 1 is 0.810 bits per heavy atom. The molecule has 2 aromatic carbocycles. The SMILES string of the molecule is CC(CC(CCCCO)c1ccccc1)c1ccccc1. The second kappa shape index (κ2) is 8.63. The number of unbranched alkanes of at least 4 members (excludes halogenated alkanes) is 1. The van der Waals surface area contributed by atoms with Crippen LogP contribution in [0.15, 0.2) is 60.7 Å². The second-order valence-electron chi connectivity index (χ2n) is 5.87. The molecule has 0 saturated carbocycles. The van der Waals surface area contributed by atoms with Crippen LogP contribution in [-0.2, 0) is 0 Å². The van der Waals surface area contributed by atoms with Gasteiger partial charge in [0.25, 0.3) is 0 Å². The first-order valence-electron chi connectivity index (χ1n) is 8.02. The number of hydrogen-bond acceptors (Lipinski definition) is 1. The molecular formula is C20H26O. The van der Waals surface area contributed by atoms with E-state index in [1.165, 1.54) is 17.5 Å². The van der Waals surface area contributed by atoms with Crippen molar-refractivity contribution in [2.24, 2.45) is 0 Å². The van der Waals surface area contributed by atoms with E-state index in [0.717, 1.165) is 19.3 Å². The minimum absolute atomic E-state index is 0.301. The van der Waals surface area contributed by atoms with E-state index in [1.807, 2.05) is 0 Å². The van der Waals surface area contributed by atoms with Crippen LogP contribution < -0.4 is 0 Å². The third kappa shape index (κ3) is 5.02. The van der Waals surface area contributed by atoms with Gasteiger partial charge in [-0.25, -0.2) is 0 Å². The molecule has 2 atom stereocenters. The fourth-order valence-electron chi connectivity index (χ4n) is 2.99. The van der Waals surface area contributed by atoms with Crippen molar-refractivity contribution >= 4 is 0 Å². The van der Waals surface area contributed by atoms with Crippen molar-refractivity contribution in [1.29, 1.82) is 0 Å². The molecule has 2 rings (SSSR count). The summed E-state index contributed by atoms with van der Waals surface area (Å²) in [5.74, 6) is 1.14. The molecule has 1 N–H and O–H groups in total. The molecule has 1 nitrogen and oxygen atoms in total. The zero-order valence-corrected chi connectivity index (χ0v) is 12.9. The molecule has 0 aliphatic heterocycles. The quantitative estimate of drug-likeness (QED) is 0.666. The lowest BCUT2D eigenvalue weighted by atomic mass is 9.83. The first kappa shape index (κ1) is 15.8. The minimum Gasteiger partial charge on any atom is -0.396 e. The van der Waals surface area contributed by atoms with Gasteiger partial charge in [0.2, 0.25) is 0 Å². The lowest BCUT2D eigenvalue weighted by molar-refractivity contribution is 0.280. The molecule has 0 fully saturated rings. The summed E-state index contributed by atoms with van der Waals surface area (Å²) in [4.78, 5) is 0. The second-order valence-corrected chi connectivity index (χ2v) is 5.87. The van der Waals surface area contributed by atoms with Gasteiger partial charge in [-0.05, 0) is 42.2 Å². The Morgan fingerprint density at radius 2 is 1.38 bits per heavy atom. The van der Waals surface area contributed by atoms with Crippen molar-refractivity contribution in [2.75, 3.05) is 6.61 Å². The lowest BCUT2D eigenvalue weighted by Crippen LogP contribution is -2.05. The third-order valence-corrected chi connectivity index (χ3v) is 4.24. The van der Waals surface area contributed by atoms with Crippen LogP contribution in [0.3, 0.4) is 0 Å². The van der Waals surface area contributed by atoms with Crippen molar-refractivity contribution in [3.8, 4) is 0 Å². The molecule has 0 aliphatic rings. The van der Waals surface area contributed by atoms with Crippen LogP contribution in [0.5, 0.6) is 0 Å². The summed E-state index contributed by atoms with van der Waals surface area (Å²) in [5, 5.41) is 9.01. The highest BCUT2D eigenvalue weighted by Gasteiger charge is 2.16. The van der Waals surface area contributed by atoms with Crippen LogP contribution in [0.25, 0.3) is 0 Å². The summed E-state index contributed by atoms with van der Waals surface area (Å²) >= 11 is 0. The Labute approximate surface area is 128 Å². The van der Waals surface area contributed by atoms with Crippen molar-refractivity contribution < 1.29 is 5.11 Å². The van der Waals surface area contributed by atoms with E-state index < -0.39 is 0 Å². The number of aliphatic hydroxyl groups excluding tert-OH is 1. The Hall–Kier alpha value is -1.60. The van der Waals surface area contributed by atoms with Crippen molar-refractivity contribution in [2.45, 2.75) is 44.4 Å². The molecule has 0 spiro atoms. The van der Waals surface area contributed by atoms with Crippen molar-refractivity contribution in [3.63, 3.8) is 0 Å². The van der Waals surface area contributed by atoms with Crippen LogP contribution in [-0.4, -0.2) is 11.7 Å². The van der Waals surface area contributed by atoms with E-state index in [0.29, 0.717) is 18.4 Å². The summed E-state index contributed by atoms with van der Waals surface area (Å²) in [5.41, 5.74) is 2.85. The smallest absolute Gasteiger partial charge is 0.0431 e. The van der Waals surface area contributed by atoms with Crippen molar-refractivity contribution in [3.05, 3.63) is 71.8 Å². The molecule has 2 aromatic rings. The van der Waals surface area contributed by atoms with Crippen LogP contribution in [0, 0.1) is 0 Å². The monoisotopic (exact) mass is 282 g/mol. The zero-order chi connectivity index (χ0) is 14.9. The summed E-state index contributed by atoms with van der Waals surface area (Å²) in [7, 11) is 0. The van der Waals surface area contributed by atoms with E-state index in [1.54, 1.807) is 0 Å². The van der Waals surface area contributed by atoms with Gasteiger partial charge in [-0.15, -0.1) is 0 Å². The van der Waals surface area contributed by atoms with Gasteiger partial charge in [0.15, 0.2) is 0 Å². The number of benzene rings is 2. The molecule has 1 heteroatoms. The molecule has 0 aromatic heterocycles. The van der Waals surface area contributed by atoms with E-state index in [4.69, 9.17) is 5.11 Å².